The highest BCUT2D eigenvalue weighted by Gasteiger charge is 2.40. The molecule has 2 aromatic heterocycles. The van der Waals surface area contributed by atoms with Gasteiger partial charge < -0.3 is 30.6 Å². The van der Waals surface area contributed by atoms with Gasteiger partial charge >= 0.3 is 17.9 Å². The van der Waals surface area contributed by atoms with Gasteiger partial charge in [0.1, 0.15) is 18.0 Å². The summed E-state index contributed by atoms with van der Waals surface area (Å²) in [5.74, 6) is -5.35. The summed E-state index contributed by atoms with van der Waals surface area (Å²) in [6.45, 7) is 3.93. The molecule has 41 heavy (non-hydrogen) atoms. The van der Waals surface area contributed by atoms with Gasteiger partial charge in [-0.15, -0.1) is 0 Å². The summed E-state index contributed by atoms with van der Waals surface area (Å²) in [6, 6.07) is 5.39. The Kier molecular flexibility index (Phi) is 10.8. The Morgan fingerprint density at radius 2 is 1.51 bits per heavy atom. The first-order chi connectivity index (χ1) is 19.5. The average molecular weight is 575 g/mol. The number of halogens is 1. The van der Waals surface area contributed by atoms with Crippen LogP contribution in [0.1, 0.15) is 48.9 Å². The van der Waals surface area contributed by atoms with Crippen LogP contribution < -0.4 is 5.32 Å². The van der Waals surface area contributed by atoms with Crippen molar-refractivity contribution < 1.29 is 44.0 Å². The van der Waals surface area contributed by atoms with Crippen LogP contribution in [0.25, 0.3) is 11.0 Å². The third kappa shape index (κ3) is 9.01. The summed E-state index contributed by atoms with van der Waals surface area (Å²) in [5, 5.41) is 41.7. The Morgan fingerprint density at radius 1 is 0.902 bits per heavy atom. The monoisotopic (exact) mass is 574 g/mol. The number of hydrogen-bond acceptors (Lipinski definition) is 9. The summed E-state index contributed by atoms with van der Waals surface area (Å²) in [4.78, 5) is 53.9. The molecule has 1 aliphatic rings. The fourth-order valence-corrected chi connectivity index (χ4v) is 4.25. The van der Waals surface area contributed by atoms with Gasteiger partial charge in [0.05, 0.1) is 31.0 Å². The number of carboxylic acid groups (broad SMARTS) is 3. The van der Waals surface area contributed by atoms with Crippen LogP contribution in [0.2, 0.25) is 0 Å². The number of aliphatic hydroxyl groups is 1. The second-order valence-corrected chi connectivity index (χ2v) is 9.52. The number of carboxylic acids is 3. The molecule has 0 spiro atoms. The van der Waals surface area contributed by atoms with Crippen LogP contribution in [-0.4, -0.2) is 94.1 Å². The van der Waals surface area contributed by atoms with Crippen molar-refractivity contribution >= 4 is 40.7 Å². The van der Waals surface area contributed by atoms with Gasteiger partial charge in [0.15, 0.2) is 11.2 Å². The molecule has 1 saturated heterocycles. The minimum Gasteiger partial charge on any atom is -0.481 e. The standard InChI is InChI=1S/C20H23FN6O.C6H8O7/c21-16-7-5-15(6-8-16)20(28)25-18-17-13-24-27(19(17)23-14-22-18)12-11-26-9-3-1-2-4-10-26;7-3(8)1-6(13,5(11)12)2-4(9)10/h5-8,13-14H,1-4,9-12H2,(H,22,23,25,28);13H,1-2H2,(H,7,8)(H,9,10)(H,11,12). The lowest BCUT2D eigenvalue weighted by Gasteiger charge is -2.19. The minimum absolute atomic E-state index is 0.350. The third-order valence-corrected chi connectivity index (χ3v) is 6.38. The Hall–Kier alpha value is -4.50. The average Bonchev–Trinajstić information content (AvgIpc) is 3.14. The van der Waals surface area contributed by atoms with Crippen molar-refractivity contribution in [3.8, 4) is 0 Å². The van der Waals surface area contributed by atoms with Crippen molar-refractivity contribution in [3.05, 3.63) is 48.2 Å². The van der Waals surface area contributed by atoms with Crippen molar-refractivity contribution in [1.29, 1.82) is 0 Å². The molecule has 1 aromatic carbocycles. The maximum Gasteiger partial charge on any atom is 0.336 e. The number of likely N-dealkylation sites (tertiary alicyclic amines) is 1. The van der Waals surface area contributed by atoms with Crippen LogP contribution in [-0.2, 0) is 20.9 Å². The molecule has 0 bridgehead atoms. The van der Waals surface area contributed by atoms with E-state index in [0.29, 0.717) is 22.4 Å². The lowest BCUT2D eigenvalue weighted by atomic mass is 9.96. The van der Waals surface area contributed by atoms with Crippen LogP contribution >= 0.6 is 0 Å². The van der Waals surface area contributed by atoms with Gasteiger partial charge in [-0.25, -0.2) is 23.8 Å². The van der Waals surface area contributed by atoms with Gasteiger partial charge in [0.2, 0.25) is 0 Å². The summed E-state index contributed by atoms with van der Waals surface area (Å²) in [6.07, 6.45) is 5.94. The zero-order valence-corrected chi connectivity index (χ0v) is 22.1. The number of nitrogens with one attached hydrogen (secondary N) is 1. The van der Waals surface area contributed by atoms with Gasteiger partial charge in [0.25, 0.3) is 5.91 Å². The van der Waals surface area contributed by atoms with E-state index in [1.807, 2.05) is 4.68 Å². The third-order valence-electron chi connectivity index (χ3n) is 6.38. The molecule has 1 fully saturated rings. The fourth-order valence-electron chi connectivity index (χ4n) is 4.25. The number of fused-ring (bicyclic) bond motifs is 1. The number of carbonyl (C=O) groups excluding carboxylic acids is 1. The van der Waals surface area contributed by atoms with E-state index in [1.54, 1.807) is 6.20 Å². The molecule has 220 valence electrons. The molecule has 3 aromatic rings. The quantitative estimate of drug-likeness (QED) is 0.235. The first kappa shape index (κ1) is 31.0. The molecule has 1 aliphatic heterocycles. The number of anilines is 1. The van der Waals surface area contributed by atoms with E-state index in [9.17, 15) is 23.6 Å². The molecule has 4 rings (SSSR count). The maximum absolute atomic E-state index is 13.1. The lowest BCUT2D eigenvalue weighted by molar-refractivity contribution is -0.170. The van der Waals surface area contributed by atoms with Crippen LogP contribution in [0.15, 0.2) is 36.8 Å². The van der Waals surface area contributed by atoms with E-state index >= 15 is 0 Å². The minimum atomic E-state index is -2.74. The molecule has 0 unspecified atom stereocenters. The smallest absolute Gasteiger partial charge is 0.336 e. The molecule has 5 N–H and O–H groups in total. The summed E-state index contributed by atoms with van der Waals surface area (Å²) < 4.78 is 14.9. The molecule has 3 heterocycles. The zero-order chi connectivity index (χ0) is 30.0. The predicted octanol–water partition coefficient (Wildman–Crippen LogP) is 1.85. The number of carbonyl (C=O) groups is 4. The van der Waals surface area contributed by atoms with E-state index in [1.165, 1.54) is 56.3 Å². The van der Waals surface area contributed by atoms with Crippen molar-refractivity contribution in [1.82, 2.24) is 24.6 Å². The normalized spacial score (nSPS) is 14.0. The Bertz CT molecular complexity index is 1360. The predicted molar refractivity (Wildman–Crippen MR) is 142 cm³/mol. The largest absolute Gasteiger partial charge is 0.481 e. The summed E-state index contributed by atoms with van der Waals surface area (Å²) in [5.41, 5.74) is -1.68. The Balaban J connectivity index is 0.000000302. The highest BCUT2D eigenvalue weighted by Crippen LogP contribution is 2.20. The molecular weight excluding hydrogens is 543 g/mol. The number of amides is 1. The lowest BCUT2D eigenvalue weighted by Crippen LogP contribution is -2.42. The molecule has 0 saturated carbocycles. The summed E-state index contributed by atoms with van der Waals surface area (Å²) >= 11 is 0. The van der Waals surface area contributed by atoms with Gasteiger partial charge in [-0.2, -0.15) is 5.10 Å². The molecule has 1 amide bonds. The number of rotatable bonds is 10. The maximum atomic E-state index is 13.1. The molecule has 14 nitrogen and oxygen atoms in total. The second kappa shape index (κ2) is 14.2. The first-order valence-electron chi connectivity index (χ1n) is 12.8. The van der Waals surface area contributed by atoms with Gasteiger partial charge in [-0.05, 0) is 50.2 Å². The fraction of sp³-hybridized carbons (Fsp3) is 0.423. The van der Waals surface area contributed by atoms with Crippen molar-refractivity contribution in [2.75, 3.05) is 25.0 Å². The van der Waals surface area contributed by atoms with Crippen molar-refractivity contribution in [2.45, 2.75) is 50.7 Å². The highest BCUT2D eigenvalue weighted by atomic mass is 19.1. The zero-order valence-electron chi connectivity index (χ0n) is 22.1. The Labute approximate surface area is 233 Å². The number of aliphatic carboxylic acids is 3. The van der Waals surface area contributed by atoms with Crippen LogP contribution in [0.3, 0.4) is 0 Å². The van der Waals surface area contributed by atoms with Gasteiger partial charge in [-0.3, -0.25) is 14.4 Å². The topological polar surface area (TPSA) is 208 Å². The summed E-state index contributed by atoms with van der Waals surface area (Å²) in [7, 11) is 0. The molecule has 0 radical (unpaired) electrons. The first-order valence-corrected chi connectivity index (χ1v) is 12.8. The van der Waals surface area contributed by atoms with Crippen molar-refractivity contribution in [3.63, 3.8) is 0 Å². The highest BCUT2D eigenvalue weighted by molar-refractivity contribution is 6.07. The van der Waals surface area contributed by atoms with Crippen LogP contribution in [0, 0.1) is 5.82 Å². The van der Waals surface area contributed by atoms with Gasteiger partial charge in [-0.1, -0.05) is 12.8 Å². The number of hydrogen-bond donors (Lipinski definition) is 5. The van der Waals surface area contributed by atoms with Crippen molar-refractivity contribution in [2.24, 2.45) is 0 Å². The van der Waals surface area contributed by atoms with E-state index in [0.717, 1.165) is 26.2 Å². The van der Waals surface area contributed by atoms with E-state index in [2.05, 4.69) is 25.3 Å². The van der Waals surface area contributed by atoms with E-state index < -0.39 is 36.4 Å². The molecule has 0 atom stereocenters. The van der Waals surface area contributed by atoms with Crippen LogP contribution in [0.4, 0.5) is 10.2 Å². The number of aromatic nitrogens is 4. The molecule has 15 heteroatoms. The van der Waals surface area contributed by atoms with Gasteiger partial charge in [0, 0.05) is 12.1 Å². The number of nitrogens with zero attached hydrogens (tertiary/aromatic N) is 5. The second-order valence-electron chi connectivity index (χ2n) is 9.52. The van der Waals surface area contributed by atoms with Crippen LogP contribution in [0.5, 0.6) is 0 Å². The molecule has 0 aliphatic carbocycles. The Morgan fingerprint density at radius 3 is 2.07 bits per heavy atom. The molecular formula is C26H31FN6O8. The number of benzene rings is 1. The van der Waals surface area contributed by atoms with E-state index in [4.69, 9.17) is 20.4 Å². The SMILES string of the molecule is O=C(Nc1ncnc2c1cnn2CCN1CCCCCC1)c1ccc(F)cc1.O=C(O)CC(O)(CC(=O)O)C(=O)O. The van der Waals surface area contributed by atoms with E-state index in [-0.39, 0.29) is 11.7 Å².